The summed E-state index contributed by atoms with van der Waals surface area (Å²) >= 11 is 0. The van der Waals surface area contributed by atoms with Crippen LogP contribution in [0.1, 0.15) is 367 Å². The first-order valence-corrected chi connectivity index (χ1v) is 32.8. The van der Waals surface area contributed by atoms with Crippen molar-refractivity contribution in [2.75, 3.05) is 13.2 Å². The Morgan fingerprint density at radius 1 is 0.260 bits per heavy atom. The maximum Gasteiger partial charge on any atom is 0.306 e. The van der Waals surface area contributed by atoms with Crippen molar-refractivity contribution in [3.63, 3.8) is 0 Å². The molecule has 0 bridgehead atoms. The topological polar surface area (TPSA) is 78.9 Å². The molecule has 0 saturated carbocycles. The van der Waals surface area contributed by atoms with Gasteiger partial charge in [0.2, 0.25) is 0 Å². The highest BCUT2D eigenvalue weighted by Gasteiger charge is 2.19. The predicted molar refractivity (Wildman–Crippen MR) is 316 cm³/mol. The van der Waals surface area contributed by atoms with Crippen LogP contribution in [0.15, 0.2) is 24.3 Å². The number of hydrogen-bond acceptors (Lipinski definition) is 6. The fourth-order valence-electron chi connectivity index (χ4n) is 9.97. The third-order valence-electron chi connectivity index (χ3n) is 14.9. The highest BCUT2D eigenvalue weighted by Crippen LogP contribution is 2.18. The van der Waals surface area contributed by atoms with E-state index in [4.69, 9.17) is 14.2 Å². The van der Waals surface area contributed by atoms with Gasteiger partial charge in [0.15, 0.2) is 6.10 Å². The van der Waals surface area contributed by atoms with Crippen LogP contribution >= 0.6 is 0 Å². The van der Waals surface area contributed by atoms with Gasteiger partial charge in [-0.3, -0.25) is 14.4 Å². The summed E-state index contributed by atoms with van der Waals surface area (Å²) in [6, 6.07) is 0. The van der Waals surface area contributed by atoms with Crippen molar-refractivity contribution in [1.82, 2.24) is 0 Å². The van der Waals surface area contributed by atoms with Gasteiger partial charge in [0.1, 0.15) is 13.2 Å². The molecule has 0 spiro atoms. The molecule has 1 unspecified atom stereocenters. The van der Waals surface area contributed by atoms with E-state index in [1.54, 1.807) is 0 Å². The zero-order valence-corrected chi connectivity index (χ0v) is 49.4. The van der Waals surface area contributed by atoms with Gasteiger partial charge in [-0.1, -0.05) is 302 Å². The first-order chi connectivity index (χ1) is 36.0. The summed E-state index contributed by atoms with van der Waals surface area (Å²) in [5.41, 5.74) is 0. The Kier molecular flexibility index (Phi) is 60.6. The van der Waals surface area contributed by atoms with Crippen LogP contribution in [0.2, 0.25) is 0 Å². The van der Waals surface area contributed by atoms with Gasteiger partial charge in [-0.05, 0) is 70.6 Å². The summed E-state index contributed by atoms with van der Waals surface area (Å²) in [5, 5.41) is 0. The van der Waals surface area contributed by atoms with Crippen LogP contribution in [0.4, 0.5) is 0 Å². The number of esters is 3. The van der Waals surface area contributed by atoms with Crippen LogP contribution in [0, 0.1) is 0 Å². The normalized spacial score (nSPS) is 12.1. The number of carbonyl (C=O) groups excluding carboxylic acids is 3. The minimum Gasteiger partial charge on any atom is -0.462 e. The van der Waals surface area contributed by atoms with Gasteiger partial charge in [0, 0.05) is 19.3 Å². The van der Waals surface area contributed by atoms with Gasteiger partial charge in [-0.25, -0.2) is 0 Å². The first-order valence-electron chi connectivity index (χ1n) is 32.8. The van der Waals surface area contributed by atoms with E-state index in [0.717, 1.165) is 64.2 Å². The molecule has 0 radical (unpaired) electrons. The molecule has 73 heavy (non-hydrogen) atoms. The molecule has 0 N–H and O–H groups in total. The van der Waals surface area contributed by atoms with Crippen molar-refractivity contribution < 1.29 is 28.6 Å². The van der Waals surface area contributed by atoms with E-state index < -0.39 is 6.10 Å². The average molecular weight is 1030 g/mol. The summed E-state index contributed by atoms with van der Waals surface area (Å²) in [5.74, 6) is -0.854. The summed E-state index contributed by atoms with van der Waals surface area (Å²) < 4.78 is 16.9. The van der Waals surface area contributed by atoms with Gasteiger partial charge < -0.3 is 14.2 Å². The molecule has 430 valence electrons. The van der Waals surface area contributed by atoms with E-state index in [1.165, 1.54) is 263 Å². The number of unbranched alkanes of at least 4 members (excludes halogenated alkanes) is 46. The number of ether oxygens (including phenoxy) is 3. The van der Waals surface area contributed by atoms with E-state index in [2.05, 4.69) is 45.1 Å². The second kappa shape index (κ2) is 62.4. The standard InChI is InChI=1S/C67H126O6/c1-4-7-10-13-16-19-22-24-26-27-28-29-30-31-32-33-34-35-36-37-38-39-41-42-45-48-51-54-57-60-66(69)72-63-64(62-71-65(68)59-56-53-50-47-44-21-18-15-12-9-6-3)73-67(70)61-58-55-52-49-46-43-40-25-23-20-17-14-11-8-5-2/h25,27-28,40,64H,4-24,26,29-39,41-63H2,1-3H3/b28-27-,40-25-. The zero-order chi connectivity index (χ0) is 52.9. The molecule has 0 aliphatic heterocycles. The lowest BCUT2D eigenvalue weighted by atomic mass is 10.0. The fraction of sp³-hybridized carbons (Fsp3) is 0.896. The fourth-order valence-corrected chi connectivity index (χ4v) is 9.97. The summed E-state index contributed by atoms with van der Waals surface area (Å²) in [6.45, 7) is 6.68. The highest BCUT2D eigenvalue weighted by molar-refractivity contribution is 5.71. The third kappa shape index (κ3) is 60.6. The van der Waals surface area contributed by atoms with Crippen LogP contribution < -0.4 is 0 Å². The smallest absolute Gasteiger partial charge is 0.306 e. The average Bonchev–Trinajstić information content (AvgIpc) is 3.39. The number of carbonyl (C=O) groups is 3. The summed E-state index contributed by atoms with van der Waals surface area (Å²) in [4.78, 5) is 38.2. The Morgan fingerprint density at radius 2 is 0.452 bits per heavy atom. The monoisotopic (exact) mass is 1030 g/mol. The Morgan fingerprint density at radius 3 is 0.685 bits per heavy atom. The predicted octanol–water partition coefficient (Wildman–Crippen LogP) is 22.2. The van der Waals surface area contributed by atoms with Crippen LogP contribution in [0.3, 0.4) is 0 Å². The maximum absolute atomic E-state index is 12.9. The second-order valence-electron chi connectivity index (χ2n) is 22.4. The third-order valence-corrected chi connectivity index (χ3v) is 14.9. The lowest BCUT2D eigenvalue weighted by molar-refractivity contribution is -0.167. The number of rotatable bonds is 61. The lowest BCUT2D eigenvalue weighted by Crippen LogP contribution is -2.30. The van der Waals surface area contributed by atoms with Crippen LogP contribution in [0.25, 0.3) is 0 Å². The molecule has 0 amide bonds. The van der Waals surface area contributed by atoms with Gasteiger partial charge in [0.05, 0.1) is 0 Å². The minimum atomic E-state index is -0.771. The van der Waals surface area contributed by atoms with Crippen molar-refractivity contribution >= 4 is 17.9 Å². The minimum absolute atomic E-state index is 0.0690. The van der Waals surface area contributed by atoms with Crippen LogP contribution in [0.5, 0.6) is 0 Å². The molecule has 0 saturated heterocycles. The molecule has 0 heterocycles. The quantitative estimate of drug-likeness (QED) is 0.0261. The molecule has 0 rings (SSSR count). The Hall–Kier alpha value is -2.11. The first kappa shape index (κ1) is 70.9. The lowest BCUT2D eigenvalue weighted by Gasteiger charge is -2.18. The van der Waals surface area contributed by atoms with Crippen molar-refractivity contribution in [1.29, 1.82) is 0 Å². The van der Waals surface area contributed by atoms with Gasteiger partial charge >= 0.3 is 17.9 Å². The SMILES string of the molecule is CCCCCCCC/C=C\CCCCCCCC(=O)OC(COC(=O)CCCCCCCCCCCCC)COC(=O)CCCCCCCCCCCCCCCCCCC/C=C\CCCCCCCCCC. The highest BCUT2D eigenvalue weighted by atomic mass is 16.6. The zero-order valence-electron chi connectivity index (χ0n) is 49.4. The van der Waals surface area contributed by atoms with E-state index in [9.17, 15) is 14.4 Å². The van der Waals surface area contributed by atoms with E-state index in [1.807, 2.05) is 0 Å². The van der Waals surface area contributed by atoms with Crippen molar-refractivity contribution in [2.24, 2.45) is 0 Å². The van der Waals surface area contributed by atoms with E-state index >= 15 is 0 Å². The molecule has 1 atom stereocenters. The Labute approximate surface area is 455 Å². The second-order valence-corrected chi connectivity index (χ2v) is 22.4. The van der Waals surface area contributed by atoms with E-state index in [-0.39, 0.29) is 31.1 Å². The van der Waals surface area contributed by atoms with Gasteiger partial charge in [-0.2, -0.15) is 0 Å². The summed E-state index contributed by atoms with van der Waals surface area (Å²) in [6.07, 6.45) is 74.9. The number of hydrogen-bond donors (Lipinski definition) is 0. The van der Waals surface area contributed by atoms with Crippen molar-refractivity contribution in [2.45, 2.75) is 374 Å². The molecular weight excluding hydrogens is 901 g/mol. The molecule has 0 aromatic heterocycles. The molecule has 0 aromatic carbocycles. The van der Waals surface area contributed by atoms with Crippen molar-refractivity contribution in [3.8, 4) is 0 Å². The Balaban J connectivity index is 4.11. The number of allylic oxidation sites excluding steroid dienone is 4. The maximum atomic E-state index is 12.9. The Bertz CT molecular complexity index is 1180. The van der Waals surface area contributed by atoms with Crippen LogP contribution in [-0.4, -0.2) is 37.2 Å². The molecule has 0 fully saturated rings. The molecule has 0 aliphatic carbocycles. The molecular formula is C67H126O6. The van der Waals surface area contributed by atoms with Crippen LogP contribution in [-0.2, 0) is 28.6 Å². The van der Waals surface area contributed by atoms with Gasteiger partial charge in [-0.15, -0.1) is 0 Å². The van der Waals surface area contributed by atoms with Crippen molar-refractivity contribution in [3.05, 3.63) is 24.3 Å². The van der Waals surface area contributed by atoms with Gasteiger partial charge in [0.25, 0.3) is 0 Å². The summed E-state index contributed by atoms with van der Waals surface area (Å²) in [7, 11) is 0. The molecule has 0 aliphatic rings. The molecule has 0 aromatic rings. The molecule has 6 heteroatoms. The van der Waals surface area contributed by atoms with E-state index in [0.29, 0.717) is 19.3 Å². The molecule has 6 nitrogen and oxygen atoms in total. The largest absolute Gasteiger partial charge is 0.462 e.